The number of methoxy groups -OCH3 is 1. The van der Waals surface area contributed by atoms with E-state index in [9.17, 15) is 9.13 Å². The van der Waals surface area contributed by atoms with E-state index < -0.39 is 41.6 Å². The maximum atomic E-state index is 14.0. The average molecular weight is 730 g/mol. The minimum absolute atomic E-state index is 0.0475. The smallest absolute Gasteiger partial charge is 0.477 e. The summed E-state index contributed by atoms with van der Waals surface area (Å²) in [6, 6.07) is 7.20. The van der Waals surface area contributed by atoms with E-state index >= 15 is 0 Å². The molecule has 5 atom stereocenters. The molecule has 0 aliphatic carbocycles. The van der Waals surface area contributed by atoms with Gasteiger partial charge < -0.3 is 19.7 Å². The fourth-order valence-corrected chi connectivity index (χ4v) is 6.55. The van der Waals surface area contributed by atoms with Crippen LogP contribution in [0.5, 0.6) is 5.88 Å². The van der Waals surface area contributed by atoms with Crippen LogP contribution in [0.1, 0.15) is 41.6 Å². The molecule has 0 aliphatic heterocycles. The Labute approximate surface area is 286 Å². The molecule has 2 N–H and O–H groups in total. The molecule has 3 aromatic heterocycles. The van der Waals surface area contributed by atoms with Gasteiger partial charge in [0.1, 0.15) is 36.8 Å². The number of phosphoric acid groups is 2. The van der Waals surface area contributed by atoms with Gasteiger partial charge in [0.25, 0.3) is 5.88 Å². The summed E-state index contributed by atoms with van der Waals surface area (Å²) in [5.41, 5.74) is 1.75. The van der Waals surface area contributed by atoms with Crippen molar-refractivity contribution in [2.24, 2.45) is 0 Å². The molecular formula is C28H41N9O10P2. The first-order chi connectivity index (χ1) is 24.6. The quantitative estimate of drug-likeness (QED) is 0.0587. The number of aromatic nitrogens is 7. The van der Waals surface area contributed by atoms with Gasteiger partial charge in [-0.25, -0.2) is 25.7 Å². The molecule has 21 heteroatoms. The van der Waals surface area contributed by atoms with Crippen LogP contribution < -0.4 is 10.2 Å². The maximum Gasteiger partial charge on any atom is 0.477 e. The van der Waals surface area contributed by atoms with E-state index in [1.807, 2.05) is 19.1 Å². The molecule has 49 heavy (non-hydrogen) atoms. The zero-order valence-electron chi connectivity index (χ0n) is 29.1. The van der Waals surface area contributed by atoms with Gasteiger partial charge in [0.2, 0.25) is 6.54 Å². The molecule has 0 amide bonds. The molecule has 0 radical (unpaired) electrons. The van der Waals surface area contributed by atoms with Crippen molar-refractivity contribution in [2.45, 2.75) is 38.8 Å². The molecule has 0 saturated carbocycles. The van der Waals surface area contributed by atoms with Crippen LogP contribution in [-0.2, 0) is 41.0 Å². The second-order valence-corrected chi connectivity index (χ2v) is 13.1. The number of rotatable bonds is 25. The number of benzene rings is 1. The molecule has 0 aliphatic rings. The minimum atomic E-state index is -4.41. The first-order valence-corrected chi connectivity index (χ1v) is 18.2. The van der Waals surface area contributed by atoms with E-state index in [0.29, 0.717) is 30.4 Å². The summed E-state index contributed by atoms with van der Waals surface area (Å²) in [6.07, 6.45) is 2.41. The van der Waals surface area contributed by atoms with Crippen LogP contribution in [-0.4, -0.2) is 94.5 Å². The fourth-order valence-electron chi connectivity index (χ4n) is 4.07. The zero-order valence-corrected chi connectivity index (χ0v) is 28.9. The number of fused-ring (bicyclic) bond motifs is 2. The summed E-state index contributed by atoms with van der Waals surface area (Å²) in [5, 5.41) is 9.64. The first-order valence-electron chi connectivity index (χ1n) is 16.4. The van der Waals surface area contributed by atoms with Gasteiger partial charge in [-0.3, -0.25) is 31.7 Å². The Morgan fingerprint density at radius 2 is 1.78 bits per heavy atom. The molecular weight excluding hydrogens is 684 g/mol. The van der Waals surface area contributed by atoms with Crippen molar-refractivity contribution in [3.05, 3.63) is 55.4 Å². The Morgan fingerprint density at radius 3 is 2.55 bits per heavy atom. The standard InChI is InChI=1S/C28H41N9O10P2/c1-5-10-25(36-22-33-26-27(36)31-21-32-28(26)46-37-24-12-7-6-11-23(24)34-35-37)47-49(39,45-20-14-30-3)43-18-9-17-42-48(38,44-19-13-29-2)41-16-8-15-40-4/h6-7,11-12,21-22,25H,2,5,8-10,13-20,29H2,1,4H3/i15T,17T. The Kier molecular flexibility index (Phi) is 14.2. The van der Waals surface area contributed by atoms with E-state index in [4.69, 9.17) is 46.0 Å². The van der Waals surface area contributed by atoms with Crippen molar-refractivity contribution >= 4 is 37.8 Å². The normalized spacial score (nSPS) is 16.7. The highest BCUT2D eigenvalue weighted by Gasteiger charge is 2.34. The highest BCUT2D eigenvalue weighted by molar-refractivity contribution is 7.48. The van der Waals surface area contributed by atoms with Gasteiger partial charge in [0.05, 0.1) is 35.4 Å². The van der Waals surface area contributed by atoms with Crippen LogP contribution in [0.4, 0.5) is 0 Å². The summed E-state index contributed by atoms with van der Waals surface area (Å²) in [7, 11) is -3.70. The molecule has 19 nitrogen and oxygen atoms in total. The number of ether oxygens (including phenoxy) is 1. The zero-order chi connectivity index (χ0) is 36.7. The number of phosphoric ester groups is 2. The lowest BCUT2D eigenvalue weighted by atomic mass is 10.3. The Morgan fingerprint density at radius 1 is 1.02 bits per heavy atom. The molecule has 0 saturated heterocycles. The third kappa shape index (κ3) is 11.3. The topological polar surface area (TPSA) is 203 Å². The molecule has 0 bridgehead atoms. The van der Waals surface area contributed by atoms with E-state index in [1.165, 1.54) is 29.2 Å². The molecule has 5 unspecified atom stereocenters. The van der Waals surface area contributed by atoms with Gasteiger partial charge in [-0.2, -0.15) is 12.0 Å². The highest BCUT2D eigenvalue weighted by atomic mass is 31.2. The third-order valence-corrected chi connectivity index (χ3v) is 9.18. The summed E-state index contributed by atoms with van der Waals surface area (Å²) < 4.78 is 82.4. The van der Waals surface area contributed by atoms with Gasteiger partial charge in [-0.1, -0.05) is 30.3 Å². The maximum absolute atomic E-state index is 14.0. The summed E-state index contributed by atoms with van der Waals surface area (Å²) in [4.78, 5) is 23.3. The van der Waals surface area contributed by atoms with Crippen molar-refractivity contribution in [3.8, 4) is 5.88 Å². The summed E-state index contributed by atoms with van der Waals surface area (Å²) >= 11 is 0. The van der Waals surface area contributed by atoms with Crippen LogP contribution >= 0.6 is 15.6 Å². The van der Waals surface area contributed by atoms with Crippen LogP contribution in [0, 0.1) is 13.6 Å². The number of hydrogen-bond acceptors (Lipinski definition) is 15. The van der Waals surface area contributed by atoms with E-state index in [2.05, 4.69) is 37.2 Å². The van der Waals surface area contributed by atoms with Crippen molar-refractivity contribution < 1.29 is 53.9 Å². The molecule has 0 spiro atoms. The lowest BCUT2D eigenvalue weighted by molar-refractivity contribution is -0.596. The Balaban J connectivity index is 1.46. The minimum Gasteiger partial charge on any atom is -0.477 e. The largest absolute Gasteiger partial charge is 0.477 e. The predicted octanol–water partition coefficient (Wildman–Crippen LogP) is 3.73. The number of imidazole rings is 1. The molecule has 0 fully saturated rings. The Bertz CT molecular complexity index is 1810. The monoisotopic (exact) mass is 729 g/mol. The second kappa shape index (κ2) is 19.7. The second-order valence-electron chi connectivity index (χ2n) is 9.83. The number of nitrogens with two attached hydrogens (primary N) is 1. The lowest BCUT2D eigenvalue weighted by Gasteiger charge is -2.24. The third-order valence-electron chi connectivity index (χ3n) is 6.28. The molecule has 4 rings (SSSR count). The first kappa shape index (κ1) is 35.4. The number of hydrogen-bond donors (Lipinski definition) is 1. The van der Waals surface area contributed by atoms with Gasteiger partial charge in [-0.15, -0.1) is 5.10 Å². The Hall–Kier alpha value is -3.40. The van der Waals surface area contributed by atoms with Crippen LogP contribution in [0.15, 0.2) is 36.9 Å². The van der Waals surface area contributed by atoms with Crippen molar-refractivity contribution in [1.29, 1.82) is 0 Å². The number of para-hydroxylation sites is 1. The fraction of sp³-hybridized carbons (Fsp3) is 0.536. The van der Waals surface area contributed by atoms with Crippen LogP contribution in [0.2, 0.25) is 0 Å². The van der Waals surface area contributed by atoms with Crippen molar-refractivity contribution in [1.82, 2.24) is 34.7 Å². The van der Waals surface area contributed by atoms with Crippen molar-refractivity contribution in [3.63, 3.8) is 0 Å². The van der Waals surface area contributed by atoms with Gasteiger partial charge >= 0.3 is 15.6 Å². The number of nitrogens with zero attached hydrogens (tertiary/aromatic N) is 8. The van der Waals surface area contributed by atoms with Gasteiger partial charge in [-0.05, 0) is 36.6 Å². The summed E-state index contributed by atoms with van der Waals surface area (Å²) in [5.74, 6) is 0.0758. The molecule has 268 valence electrons. The SMILES string of the molecule is [3H]C(CCOP(=O)(OCC[NH2+][CH2-])OC([3H])CCOP(=O)(OCC[N+]#[C-])OC(CCC)n1cnc2c(On3nnc4ccccc43)ncnc21)OC. The average Bonchev–Trinajstić information content (AvgIpc) is 3.73. The van der Waals surface area contributed by atoms with E-state index in [0.717, 1.165) is 0 Å². The van der Waals surface area contributed by atoms with E-state index in [1.54, 1.807) is 17.4 Å². The van der Waals surface area contributed by atoms with Crippen LogP contribution in [0.25, 0.3) is 27.0 Å². The van der Waals surface area contributed by atoms with Crippen molar-refractivity contribution in [2.75, 3.05) is 59.8 Å². The van der Waals surface area contributed by atoms with Gasteiger partial charge in [0, 0.05) is 13.7 Å². The summed E-state index contributed by atoms with van der Waals surface area (Å²) in [6.45, 7) is 5.87. The molecule has 4 aromatic rings. The number of quaternary nitrogens is 1. The molecule has 1 aromatic carbocycles. The van der Waals surface area contributed by atoms with Crippen LogP contribution in [0.3, 0.4) is 0 Å². The predicted molar refractivity (Wildman–Crippen MR) is 174 cm³/mol. The molecule has 3 heterocycles. The van der Waals surface area contributed by atoms with Gasteiger partial charge in [0.15, 0.2) is 11.2 Å². The highest BCUT2D eigenvalue weighted by Crippen LogP contribution is 2.54. The van der Waals surface area contributed by atoms with E-state index in [-0.39, 0.29) is 56.3 Å². The lowest BCUT2D eigenvalue weighted by Crippen LogP contribution is -2.77.